The minimum Gasteiger partial charge on any atom is -0.314 e. The van der Waals surface area contributed by atoms with Crippen LogP contribution in [0.4, 0.5) is 9.18 Å². The van der Waals surface area contributed by atoms with Crippen LogP contribution < -0.4 is 10.6 Å². The first kappa shape index (κ1) is 12.6. The normalized spacial score (nSPS) is 14.6. The summed E-state index contributed by atoms with van der Waals surface area (Å²) in [6.45, 7) is 0.728. The van der Waals surface area contributed by atoms with Crippen LogP contribution in [0.3, 0.4) is 0 Å². The van der Waals surface area contributed by atoms with Gasteiger partial charge in [-0.2, -0.15) is 0 Å². The summed E-state index contributed by atoms with van der Waals surface area (Å²) in [5.41, 5.74) is 0.422. The van der Waals surface area contributed by atoms with E-state index in [9.17, 15) is 9.18 Å². The number of carbonyl (C=O) groups excluding carboxylic acids is 1. The highest BCUT2D eigenvalue weighted by molar-refractivity contribution is 8.14. The standard InChI is InChI=1S/C12H12FN3OS/c13-10-4-2-1-3-9(10)5-6-14-11(17)16-12-15-7-8-18-12/h1-6H,7-8H2,(H2,14,15,16,17)/b6-5+. The molecule has 2 N–H and O–H groups in total. The Morgan fingerprint density at radius 3 is 3.00 bits per heavy atom. The number of aliphatic imine (C=N–C) groups is 1. The highest BCUT2D eigenvalue weighted by atomic mass is 32.2. The molecule has 0 bridgehead atoms. The van der Waals surface area contributed by atoms with E-state index < -0.39 is 0 Å². The van der Waals surface area contributed by atoms with E-state index in [4.69, 9.17) is 0 Å². The Balaban J connectivity index is 1.84. The number of nitrogens with one attached hydrogen (secondary N) is 2. The van der Waals surface area contributed by atoms with Gasteiger partial charge in [0.15, 0.2) is 5.17 Å². The number of benzene rings is 1. The molecule has 0 fully saturated rings. The van der Waals surface area contributed by atoms with Crippen LogP contribution >= 0.6 is 11.8 Å². The molecule has 0 spiro atoms. The van der Waals surface area contributed by atoms with Gasteiger partial charge in [0, 0.05) is 17.5 Å². The van der Waals surface area contributed by atoms with Gasteiger partial charge in [-0.3, -0.25) is 10.3 Å². The smallest absolute Gasteiger partial charge is 0.314 e. The zero-order valence-electron chi connectivity index (χ0n) is 9.52. The molecule has 0 saturated heterocycles. The summed E-state index contributed by atoms with van der Waals surface area (Å²) in [5.74, 6) is 0.562. The topological polar surface area (TPSA) is 53.5 Å². The molecule has 18 heavy (non-hydrogen) atoms. The van der Waals surface area contributed by atoms with Gasteiger partial charge in [0.25, 0.3) is 0 Å². The van der Waals surface area contributed by atoms with Gasteiger partial charge >= 0.3 is 6.03 Å². The quantitative estimate of drug-likeness (QED) is 0.861. The number of carbonyl (C=O) groups is 1. The van der Waals surface area contributed by atoms with Crippen LogP contribution in [-0.2, 0) is 0 Å². The molecule has 6 heteroatoms. The molecule has 0 radical (unpaired) electrons. The zero-order valence-corrected chi connectivity index (χ0v) is 10.3. The fourth-order valence-corrected chi connectivity index (χ4v) is 2.08. The number of amidine groups is 1. The van der Waals surface area contributed by atoms with Gasteiger partial charge in [0.2, 0.25) is 0 Å². The summed E-state index contributed by atoms with van der Waals surface area (Å²) in [5, 5.41) is 5.71. The van der Waals surface area contributed by atoms with Crippen molar-refractivity contribution in [2.75, 3.05) is 12.3 Å². The van der Waals surface area contributed by atoms with Crippen molar-refractivity contribution in [2.24, 2.45) is 4.99 Å². The van der Waals surface area contributed by atoms with Crippen molar-refractivity contribution < 1.29 is 9.18 Å². The predicted octanol–water partition coefficient (Wildman–Crippen LogP) is 2.20. The molecular weight excluding hydrogens is 253 g/mol. The van der Waals surface area contributed by atoms with Crippen molar-refractivity contribution in [2.45, 2.75) is 0 Å². The van der Waals surface area contributed by atoms with Gasteiger partial charge in [0.05, 0.1) is 6.54 Å². The fourth-order valence-electron chi connectivity index (χ4n) is 1.36. The van der Waals surface area contributed by atoms with E-state index in [0.29, 0.717) is 10.7 Å². The lowest BCUT2D eigenvalue weighted by molar-refractivity contribution is 0.248. The number of urea groups is 1. The van der Waals surface area contributed by atoms with Crippen molar-refractivity contribution in [1.29, 1.82) is 0 Å². The lowest BCUT2D eigenvalue weighted by Gasteiger charge is -2.02. The Morgan fingerprint density at radius 2 is 2.28 bits per heavy atom. The monoisotopic (exact) mass is 265 g/mol. The van der Waals surface area contributed by atoms with Gasteiger partial charge < -0.3 is 5.32 Å². The van der Waals surface area contributed by atoms with Crippen LogP contribution in [0.5, 0.6) is 0 Å². The van der Waals surface area contributed by atoms with Gasteiger partial charge in [-0.05, 0) is 12.1 Å². The highest BCUT2D eigenvalue weighted by Gasteiger charge is 2.09. The number of nitrogens with zero attached hydrogens (tertiary/aromatic N) is 1. The third-order valence-electron chi connectivity index (χ3n) is 2.19. The molecule has 0 unspecified atom stereocenters. The Hall–Kier alpha value is -1.82. The van der Waals surface area contributed by atoms with E-state index >= 15 is 0 Å². The first-order valence-electron chi connectivity index (χ1n) is 5.41. The average molecular weight is 265 g/mol. The van der Waals surface area contributed by atoms with E-state index in [-0.39, 0.29) is 11.8 Å². The first-order valence-corrected chi connectivity index (χ1v) is 6.40. The van der Waals surface area contributed by atoms with E-state index in [1.807, 2.05) is 0 Å². The van der Waals surface area contributed by atoms with Crippen LogP contribution in [0.1, 0.15) is 5.56 Å². The molecule has 2 rings (SSSR count). The summed E-state index contributed by atoms with van der Waals surface area (Å²) in [6.07, 6.45) is 2.90. The Morgan fingerprint density at radius 1 is 1.44 bits per heavy atom. The lowest BCUT2D eigenvalue weighted by atomic mass is 10.2. The number of amides is 2. The summed E-state index contributed by atoms with van der Waals surface area (Å²) in [4.78, 5) is 15.5. The molecule has 1 heterocycles. The molecule has 0 aliphatic carbocycles. The van der Waals surface area contributed by atoms with Crippen molar-refractivity contribution in [1.82, 2.24) is 10.6 Å². The number of halogens is 1. The number of hydrogen-bond acceptors (Lipinski definition) is 3. The van der Waals surface area contributed by atoms with Crippen LogP contribution in [0.2, 0.25) is 0 Å². The zero-order chi connectivity index (χ0) is 12.8. The Labute approximate surface area is 108 Å². The molecule has 0 aromatic heterocycles. The fraction of sp³-hybridized carbons (Fsp3) is 0.167. The van der Waals surface area contributed by atoms with Crippen LogP contribution in [-0.4, -0.2) is 23.5 Å². The second-order valence-electron chi connectivity index (χ2n) is 3.49. The largest absolute Gasteiger partial charge is 0.324 e. The maximum absolute atomic E-state index is 13.2. The molecular formula is C12H12FN3OS. The summed E-state index contributed by atoms with van der Waals surface area (Å²) in [7, 11) is 0. The predicted molar refractivity (Wildman–Crippen MR) is 71.9 cm³/mol. The van der Waals surface area contributed by atoms with E-state index in [1.54, 1.807) is 18.2 Å². The van der Waals surface area contributed by atoms with Crippen molar-refractivity contribution >= 4 is 29.0 Å². The minimum atomic E-state index is -0.379. The maximum Gasteiger partial charge on any atom is 0.324 e. The third kappa shape index (κ3) is 3.59. The number of rotatable bonds is 2. The van der Waals surface area contributed by atoms with Gasteiger partial charge in [-0.15, -0.1) is 0 Å². The number of hydrogen-bond donors (Lipinski definition) is 2. The van der Waals surface area contributed by atoms with Crippen LogP contribution in [0.25, 0.3) is 6.08 Å². The summed E-state index contributed by atoms with van der Waals surface area (Å²) in [6, 6.07) is 5.96. The maximum atomic E-state index is 13.2. The van der Waals surface area contributed by atoms with E-state index in [1.165, 1.54) is 30.1 Å². The minimum absolute atomic E-state index is 0.327. The van der Waals surface area contributed by atoms with Crippen molar-refractivity contribution in [3.05, 3.63) is 41.8 Å². The second-order valence-corrected chi connectivity index (χ2v) is 4.57. The molecule has 1 aliphatic heterocycles. The molecule has 0 atom stereocenters. The van der Waals surface area contributed by atoms with Crippen molar-refractivity contribution in [3.8, 4) is 0 Å². The summed E-state index contributed by atoms with van der Waals surface area (Å²) < 4.78 is 13.2. The Bertz CT molecular complexity index is 502. The van der Waals surface area contributed by atoms with Gasteiger partial charge in [0.1, 0.15) is 5.82 Å². The molecule has 1 aliphatic rings. The molecule has 2 amide bonds. The second kappa shape index (κ2) is 6.20. The third-order valence-corrected chi connectivity index (χ3v) is 3.08. The van der Waals surface area contributed by atoms with Crippen molar-refractivity contribution in [3.63, 3.8) is 0 Å². The SMILES string of the molecule is O=C(N/C=C/c1ccccc1F)NC1=NCCS1. The van der Waals surface area contributed by atoms with E-state index in [0.717, 1.165) is 12.3 Å². The molecule has 4 nitrogen and oxygen atoms in total. The lowest BCUT2D eigenvalue weighted by Crippen LogP contribution is -2.34. The van der Waals surface area contributed by atoms with Gasteiger partial charge in [-0.1, -0.05) is 30.0 Å². The molecule has 1 aromatic carbocycles. The molecule has 0 saturated carbocycles. The average Bonchev–Trinajstić information content (AvgIpc) is 2.84. The Kier molecular flexibility index (Phi) is 4.35. The van der Waals surface area contributed by atoms with E-state index in [2.05, 4.69) is 15.6 Å². The van der Waals surface area contributed by atoms with Crippen LogP contribution in [0, 0.1) is 5.82 Å². The van der Waals surface area contributed by atoms with Gasteiger partial charge in [-0.25, -0.2) is 9.18 Å². The first-order chi connectivity index (χ1) is 8.75. The molecule has 1 aromatic rings. The molecule has 94 valence electrons. The highest BCUT2D eigenvalue weighted by Crippen LogP contribution is 2.09. The van der Waals surface area contributed by atoms with Crippen LogP contribution in [0.15, 0.2) is 35.5 Å². The summed E-state index contributed by atoms with van der Waals surface area (Å²) >= 11 is 1.50. The number of thioether (sulfide) groups is 1.